The molecule has 1 aromatic rings. The summed E-state index contributed by atoms with van der Waals surface area (Å²) in [6.45, 7) is 2.27. The Kier molecular flexibility index (Phi) is 4.16. The largest absolute Gasteiger partial charge is 0.353 e. The minimum absolute atomic E-state index is 0.133. The Bertz CT molecular complexity index is 514. The van der Waals surface area contributed by atoms with Gasteiger partial charge in [-0.3, -0.25) is 4.79 Å². The topological polar surface area (TPSA) is 29.1 Å². The molecule has 108 valence electrons. The van der Waals surface area contributed by atoms with Crippen LogP contribution in [-0.4, -0.2) is 11.9 Å². The molecular formula is C17H22BrNO. The van der Waals surface area contributed by atoms with Gasteiger partial charge in [0.15, 0.2) is 0 Å². The van der Waals surface area contributed by atoms with Crippen LogP contribution in [0.4, 0.5) is 0 Å². The number of nitrogens with one attached hydrogen (secondary N) is 1. The molecule has 1 amide bonds. The molecule has 3 heteroatoms. The summed E-state index contributed by atoms with van der Waals surface area (Å²) in [5.41, 5.74) is 2.67. The zero-order valence-electron chi connectivity index (χ0n) is 12.0. The van der Waals surface area contributed by atoms with Crippen LogP contribution in [0.1, 0.15) is 43.7 Å². The van der Waals surface area contributed by atoms with Gasteiger partial charge in [0.05, 0.1) is 0 Å². The predicted molar refractivity (Wildman–Crippen MR) is 84.6 cm³/mol. The Balaban J connectivity index is 1.62. The van der Waals surface area contributed by atoms with Crippen LogP contribution in [0, 0.1) is 11.8 Å². The first-order chi connectivity index (χ1) is 9.63. The van der Waals surface area contributed by atoms with E-state index in [0.29, 0.717) is 12.0 Å². The van der Waals surface area contributed by atoms with Gasteiger partial charge in [-0.1, -0.05) is 41.8 Å². The van der Waals surface area contributed by atoms with E-state index in [1.54, 1.807) is 0 Å². The van der Waals surface area contributed by atoms with Gasteiger partial charge in [0.1, 0.15) is 0 Å². The number of carbonyl (C=O) groups excluding carboxylic acids is 1. The number of amides is 1. The molecule has 0 aromatic heterocycles. The fourth-order valence-electron chi connectivity index (χ4n) is 3.60. The lowest BCUT2D eigenvalue weighted by molar-refractivity contribution is -0.126. The van der Waals surface area contributed by atoms with Gasteiger partial charge in [-0.25, -0.2) is 0 Å². The average Bonchev–Trinajstić information content (AvgIpc) is 2.84. The molecule has 2 aliphatic carbocycles. The van der Waals surface area contributed by atoms with E-state index in [0.717, 1.165) is 23.7 Å². The van der Waals surface area contributed by atoms with Crippen molar-refractivity contribution in [3.05, 3.63) is 33.8 Å². The molecule has 0 radical (unpaired) electrons. The molecule has 0 spiro atoms. The van der Waals surface area contributed by atoms with Gasteiger partial charge in [-0.15, -0.1) is 0 Å². The summed E-state index contributed by atoms with van der Waals surface area (Å²) in [6.07, 6.45) is 6.77. The average molecular weight is 336 g/mol. The molecule has 1 fully saturated rings. The quantitative estimate of drug-likeness (QED) is 0.873. The van der Waals surface area contributed by atoms with E-state index < -0.39 is 0 Å². The highest BCUT2D eigenvalue weighted by Gasteiger charge is 2.30. The third-order valence-corrected chi connectivity index (χ3v) is 5.40. The van der Waals surface area contributed by atoms with Crippen molar-refractivity contribution in [1.29, 1.82) is 0 Å². The molecule has 2 aliphatic rings. The molecule has 1 N–H and O–H groups in total. The monoisotopic (exact) mass is 335 g/mol. The Hall–Kier alpha value is -0.830. The molecule has 0 saturated heterocycles. The fourth-order valence-corrected chi connectivity index (χ4v) is 4.01. The van der Waals surface area contributed by atoms with Gasteiger partial charge < -0.3 is 5.32 Å². The van der Waals surface area contributed by atoms with Gasteiger partial charge in [0.25, 0.3) is 0 Å². The minimum Gasteiger partial charge on any atom is -0.353 e. The van der Waals surface area contributed by atoms with E-state index in [4.69, 9.17) is 0 Å². The summed E-state index contributed by atoms with van der Waals surface area (Å²) in [5.74, 6) is 1.02. The number of fused-ring (bicyclic) bond motifs is 1. The zero-order valence-corrected chi connectivity index (χ0v) is 13.6. The summed E-state index contributed by atoms with van der Waals surface area (Å²) in [4.78, 5) is 12.5. The molecule has 3 atom stereocenters. The third-order valence-electron chi connectivity index (χ3n) is 4.91. The second-order valence-corrected chi connectivity index (χ2v) is 7.31. The summed E-state index contributed by atoms with van der Waals surface area (Å²) in [6, 6.07) is 6.77. The standard InChI is InChI=1S/C17H22BrNO/c1-11-4-2-3-5-16(11)19-17(20)14-8-12-6-7-15(18)10-13(12)9-14/h6-7,10-11,14,16H,2-5,8-9H2,1H3,(H,19,20). The van der Waals surface area contributed by atoms with Gasteiger partial charge in [0.2, 0.25) is 5.91 Å². The molecular weight excluding hydrogens is 314 g/mol. The maximum absolute atomic E-state index is 12.5. The van der Waals surface area contributed by atoms with Crippen molar-refractivity contribution in [1.82, 2.24) is 5.32 Å². The van der Waals surface area contributed by atoms with E-state index in [-0.39, 0.29) is 11.8 Å². The minimum atomic E-state index is 0.133. The van der Waals surface area contributed by atoms with Crippen LogP contribution in [0.3, 0.4) is 0 Å². The first-order valence-electron chi connectivity index (χ1n) is 7.71. The van der Waals surface area contributed by atoms with Crippen molar-refractivity contribution in [3.8, 4) is 0 Å². The van der Waals surface area contributed by atoms with Crippen LogP contribution in [0.25, 0.3) is 0 Å². The Morgan fingerprint density at radius 1 is 1.20 bits per heavy atom. The Morgan fingerprint density at radius 2 is 1.95 bits per heavy atom. The Morgan fingerprint density at radius 3 is 2.75 bits per heavy atom. The van der Waals surface area contributed by atoms with E-state index in [1.807, 2.05) is 0 Å². The number of hydrogen-bond acceptors (Lipinski definition) is 1. The van der Waals surface area contributed by atoms with Crippen LogP contribution < -0.4 is 5.32 Å². The van der Waals surface area contributed by atoms with E-state index in [1.165, 1.54) is 30.4 Å². The summed E-state index contributed by atoms with van der Waals surface area (Å²) in [5, 5.41) is 3.31. The molecule has 0 aliphatic heterocycles. The summed E-state index contributed by atoms with van der Waals surface area (Å²) >= 11 is 3.51. The maximum Gasteiger partial charge on any atom is 0.224 e. The number of halogens is 1. The van der Waals surface area contributed by atoms with E-state index in [9.17, 15) is 4.79 Å². The third kappa shape index (κ3) is 2.93. The normalized spacial score (nSPS) is 29.0. The van der Waals surface area contributed by atoms with Gasteiger partial charge in [-0.2, -0.15) is 0 Å². The Labute approximate surface area is 129 Å². The van der Waals surface area contributed by atoms with E-state index >= 15 is 0 Å². The van der Waals surface area contributed by atoms with Crippen molar-refractivity contribution in [2.75, 3.05) is 0 Å². The zero-order chi connectivity index (χ0) is 14.1. The van der Waals surface area contributed by atoms with Crippen molar-refractivity contribution in [2.45, 2.75) is 51.5 Å². The van der Waals surface area contributed by atoms with Gasteiger partial charge in [-0.05, 0) is 54.9 Å². The smallest absolute Gasteiger partial charge is 0.224 e. The lowest BCUT2D eigenvalue weighted by atomic mass is 9.85. The van der Waals surface area contributed by atoms with Crippen LogP contribution in [-0.2, 0) is 17.6 Å². The highest BCUT2D eigenvalue weighted by atomic mass is 79.9. The van der Waals surface area contributed by atoms with Crippen molar-refractivity contribution < 1.29 is 4.79 Å². The second-order valence-electron chi connectivity index (χ2n) is 6.40. The first-order valence-corrected chi connectivity index (χ1v) is 8.50. The lowest BCUT2D eigenvalue weighted by Gasteiger charge is -2.30. The number of hydrogen-bond donors (Lipinski definition) is 1. The van der Waals surface area contributed by atoms with Crippen LogP contribution in [0.5, 0.6) is 0 Å². The highest BCUT2D eigenvalue weighted by molar-refractivity contribution is 9.10. The van der Waals surface area contributed by atoms with E-state index in [2.05, 4.69) is 46.4 Å². The number of rotatable bonds is 2. The van der Waals surface area contributed by atoms with Crippen molar-refractivity contribution in [2.24, 2.45) is 11.8 Å². The molecule has 0 heterocycles. The molecule has 20 heavy (non-hydrogen) atoms. The van der Waals surface area contributed by atoms with Gasteiger partial charge in [0, 0.05) is 16.4 Å². The fraction of sp³-hybridized carbons (Fsp3) is 0.588. The molecule has 0 bridgehead atoms. The van der Waals surface area contributed by atoms with Crippen LogP contribution in [0.15, 0.2) is 22.7 Å². The van der Waals surface area contributed by atoms with Crippen LogP contribution in [0.2, 0.25) is 0 Å². The molecule has 2 nitrogen and oxygen atoms in total. The molecule has 1 aromatic carbocycles. The van der Waals surface area contributed by atoms with Crippen LogP contribution >= 0.6 is 15.9 Å². The van der Waals surface area contributed by atoms with Crippen molar-refractivity contribution in [3.63, 3.8) is 0 Å². The SMILES string of the molecule is CC1CCCCC1NC(=O)C1Cc2ccc(Br)cc2C1. The molecule has 1 saturated carbocycles. The highest BCUT2D eigenvalue weighted by Crippen LogP contribution is 2.30. The first kappa shape index (κ1) is 14.1. The summed E-state index contributed by atoms with van der Waals surface area (Å²) < 4.78 is 1.11. The number of carbonyl (C=O) groups is 1. The lowest BCUT2D eigenvalue weighted by Crippen LogP contribution is -2.44. The predicted octanol–water partition coefficient (Wildman–Crippen LogP) is 3.86. The maximum atomic E-state index is 12.5. The summed E-state index contributed by atoms with van der Waals surface area (Å²) in [7, 11) is 0. The number of benzene rings is 1. The molecule has 3 unspecified atom stereocenters. The molecule has 3 rings (SSSR count). The van der Waals surface area contributed by atoms with Gasteiger partial charge >= 0.3 is 0 Å². The van der Waals surface area contributed by atoms with Crippen molar-refractivity contribution >= 4 is 21.8 Å². The second kappa shape index (κ2) is 5.88.